The second-order valence-corrected chi connectivity index (χ2v) is 4.75. The van der Waals surface area contributed by atoms with Crippen molar-refractivity contribution in [1.82, 2.24) is 20.0 Å². The van der Waals surface area contributed by atoms with Crippen LogP contribution in [0.4, 0.5) is 5.82 Å². The van der Waals surface area contributed by atoms with Gasteiger partial charge < -0.3 is 9.73 Å². The number of hydrogen-bond acceptors (Lipinski definition) is 4. The number of nitrogens with one attached hydrogen (secondary N) is 2. The van der Waals surface area contributed by atoms with E-state index in [-0.39, 0.29) is 11.7 Å². The summed E-state index contributed by atoms with van der Waals surface area (Å²) in [4.78, 5) is 12.1. The Balaban J connectivity index is 1.71. The third-order valence-corrected chi connectivity index (χ3v) is 3.25. The van der Waals surface area contributed by atoms with Crippen molar-refractivity contribution in [1.29, 1.82) is 0 Å². The second kappa shape index (κ2) is 5.28. The van der Waals surface area contributed by atoms with Gasteiger partial charge >= 0.3 is 0 Å². The minimum atomic E-state index is -0.323. The number of furan rings is 1. The van der Waals surface area contributed by atoms with Gasteiger partial charge in [-0.05, 0) is 32.0 Å². The molecular weight excluding hydrogens is 270 g/mol. The number of rotatable bonds is 4. The SMILES string of the molecule is Cc1[nH]nc(NC(=O)c2ccc(Cn3cccn3)o2)c1C. The van der Waals surface area contributed by atoms with Crippen LogP contribution < -0.4 is 5.32 Å². The molecule has 0 aliphatic carbocycles. The second-order valence-electron chi connectivity index (χ2n) is 4.75. The van der Waals surface area contributed by atoms with E-state index < -0.39 is 0 Å². The van der Waals surface area contributed by atoms with Crippen LogP contribution in [0.25, 0.3) is 0 Å². The van der Waals surface area contributed by atoms with E-state index in [4.69, 9.17) is 4.42 Å². The molecule has 3 heterocycles. The van der Waals surface area contributed by atoms with Crippen LogP contribution >= 0.6 is 0 Å². The lowest BCUT2D eigenvalue weighted by Gasteiger charge is -2.01. The van der Waals surface area contributed by atoms with Crippen molar-refractivity contribution in [2.75, 3.05) is 5.32 Å². The molecule has 0 aromatic carbocycles. The van der Waals surface area contributed by atoms with Crippen molar-refractivity contribution in [3.63, 3.8) is 0 Å². The Morgan fingerprint density at radius 1 is 1.43 bits per heavy atom. The maximum Gasteiger partial charge on any atom is 0.292 e. The van der Waals surface area contributed by atoms with Gasteiger partial charge in [-0.1, -0.05) is 0 Å². The molecule has 0 fully saturated rings. The van der Waals surface area contributed by atoms with Crippen LogP contribution in [0.5, 0.6) is 0 Å². The van der Waals surface area contributed by atoms with Gasteiger partial charge in [0.05, 0.1) is 6.54 Å². The number of anilines is 1. The molecule has 0 bridgehead atoms. The number of aromatic amines is 1. The number of carbonyl (C=O) groups is 1. The van der Waals surface area contributed by atoms with Gasteiger partial charge in [-0.15, -0.1) is 0 Å². The van der Waals surface area contributed by atoms with Crippen molar-refractivity contribution in [3.05, 3.63) is 53.4 Å². The van der Waals surface area contributed by atoms with Crippen LogP contribution in [-0.2, 0) is 6.54 Å². The maximum atomic E-state index is 12.1. The lowest BCUT2D eigenvalue weighted by Crippen LogP contribution is -2.12. The molecule has 0 atom stereocenters. The normalized spacial score (nSPS) is 10.8. The summed E-state index contributed by atoms with van der Waals surface area (Å²) in [6.45, 7) is 4.27. The molecule has 7 heteroatoms. The van der Waals surface area contributed by atoms with E-state index in [2.05, 4.69) is 20.6 Å². The van der Waals surface area contributed by atoms with E-state index in [0.29, 0.717) is 18.1 Å². The maximum absolute atomic E-state index is 12.1. The highest BCUT2D eigenvalue weighted by Gasteiger charge is 2.15. The van der Waals surface area contributed by atoms with Crippen molar-refractivity contribution in [2.45, 2.75) is 20.4 Å². The smallest absolute Gasteiger partial charge is 0.292 e. The first kappa shape index (κ1) is 13.2. The summed E-state index contributed by atoms with van der Waals surface area (Å²) in [5.41, 5.74) is 1.83. The largest absolute Gasteiger partial charge is 0.454 e. The van der Waals surface area contributed by atoms with Gasteiger partial charge in [-0.25, -0.2) is 0 Å². The van der Waals surface area contributed by atoms with Crippen LogP contribution in [0.2, 0.25) is 0 Å². The summed E-state index contributed by atoms with van der Waals surface area (Å²) in [6, 6.07) is 5.24. The molecule has 0 unspecified atom stereocenters. The van der Waals surface area contributed by atoms with Gasteiger partial charge in [0, 0.05) is 23.7 Å². The summed E-state index contributed by atoms with van der Waals surface area (Å²) >= 11 is 0. The molecular formula is C14H15N5O2. The van der Waals surface area contributed by atoms with Crippen LogP contribution in [0.3, 0.4) is 0 Å². The Bertz CT molecular complexity index is 754. The summed E-state index contributed by atoms with van der Waals surface area (Å²) in [5, 5.41) is 13.7. The van der Waals surface area contributed by atoms with Crippen molar-refractivity contribution >= 4 is 11.7 Å². The molecule has 0 spiro atoms. The van der Waals surface area contributed by atoms with Crippen LogP contribution in [-0.4, -0.2) is 25.9 Å². The summed E-state index contributed by atoms with van der Waals surface area (Å²) in [7, 11) is 0. The van der Waals surface area contributed by atoms with Gasteiger partial charge in [-0.3, -0.25) is 14.6 Å². The van der Waals surface area contributed by atoms with Gasteiger partial charge in [0.25, 0.3) is 5.91 Å². The average molecular weight is 285 g/mol. The molecule has 0 saturated heterocycles. The first-order valence-corrected chi connectivity index (χ1v) is 6.52. The predicted octanol–water partition coefficient (Wildman–Crippen LogP) is 2.12. The van der Waals surface area contributed by atoms with E-state index >= 15 is 0 Å². The Hall–Kier alpha value is -2.83. The topological polar surface area (TPSA) is 88.7 Å². The van der Waals surface area contributed by atoms with Crippen molar-refractivity contribution in [2.24, 2.45) is 0 Å². The predicted molar refractivity (Wildman–Crippen MR) is 76.1 cm³/mol. The number of aromatic nitrogens is 4. The fraction of sp³-hybridized carbons (Fsp3) is 0.214. The van der Waals surface area contributed by atoms with Crippen molar-refractivity contribution in [3.8, 4) is 0 Å². The van der Waals surface area contributed by atoms with Gasteiger partial charge in [0.1, 0.15) is 5.76 Å². The molecule has 0 radical (unpaired) electrons. The zero-order chi connectivity index (χ0) is 14.8. The highest BCUT2D eigenvalue weighted by Crippen LogP contribution is 2.16. The van der Waals surface area contributed by atoms with E-state index in [1.165, 1.54) is 0 Å². The van der Waals surface area contributed by atoms with E-state index in [1.54, 1.807) is 23.0 Å². The summed E-state index contributed by atoms with van der Waals surface area (Å²) in [5.74, 6) is 1.11. The molecule has 1 amide bonds. The van der Waals surface area contributed by atoms with Crippen LogP contribution in [0.1, 0.15) is 27.6 Å². The summed E-state index contributed by atoms with van der Waals surface area (Å²) in [6.07, 6.45) is 3.53. The highest BCUT2D eigenvalue weighted by molar-refractivity contribution is 6.02. The Kier molecular flexibility index (Phi) is 3.31. The fourth-order valence-corrected chi connectivity index (χ4v) is 1.91. The lowest BCUT2D eigenvalue weighted by atomic mass is 10.3. The van der Waals surface area contributed by atoms with Crippen molar-refractivity contribution < 1.29 is 9.21 Å². The zero-order valence-electron chi connectivity index (χ0n) is 11.8. The molecule has 21 heavy (non-hydrogen) atoms. The molecule has 3 aromatic rings. The van der Waals surface area contributed by atoms with Gasteiger partial charge in [0.2, 0.25) is 0 Å². The molecule has 3 aromatic heterocycles. The average Bonchev–Trinajstić information content (AvgIpc) is 3.18. The molecule has 0 aliphatic heterocycles. The monoisotopic (exact) mass is 285 g/mol. The number of nitrogens with zero attached hydrogens (tertiary/aromatic N) is 3. The third-order valence-electron chi connectivity index (χ3n) is 3.25. The lowest BCUT2D eigenvalue weighted by molar-refractivity contribution is 0.0994. The molecule has 0 aliphatic rings. The molecule has 7 nitrogen and oxygen atoms in total. The molecule has 108 valence electrons. The molecule has 0 saturated carbocycles. The minimum Gasteiger partial charge on any atom is -0.454 e. The minimum absolute atomic E-state index is 0.247. The number of hydrogen-bond donors (Lipinski definition) is 2. The van der Waals surface area contributed by atoms with Crippen LogP contribution in [0.15, 0.2) is 35.0 Å². The number of H-pyrrole nitrogens is 1. The Morgan fingerprint density at radius 3 is 2.95 bits per heavy atom. The third kappa shape index (κ3) is 2.71. The first-order valence-electron chi connectivity index (χ1n) is 6.52. The van der Waals surface area contributed by atoms with E-state index in [1.807, 2.05) is 26.1 Å². The van der Waals surface area contributed by atoms with Crippen LogP contribution in [0, 0.1) is 13.8 Å². The Labute approximate surface area is 121 Å². The number of carbonyl (C=O) groups excluding carboxylic acids is 1. The number of amides is 1. The first-order chi connectivity index (χ1) is 10.1. The summed E-state index contributed by atoms with van der Waals surface area (Å²) < 4.78 is 7.25. The Morgan fingerprint density at radius 2 is 2.29 bits per heavy atom. The zero-order valence-corrected chi connectivity index (χ0v) is 11.8. The highest BCUT2D eigenvalue weighted by atomic mass is 16.4. The van der Waals surface area contributed by atoms with Gasteiger partial charge in [0.15, 0.2) is 11.6 Å². The standard InChI is InChI=1S/C14H15N5O2/c1-9-10(2)17-18-13(9)16-14(20)12-5-4-11(21-12)8-19-7-3-6-15-19/h3-7H,8H2,1-2H3,(H2,16,17,18,20). The van der Waals surface area contributed by atoms with E-state index in [9.17, 15) is 4.79 Å². The molecule has 3 rings (SSSR count). The quantitative estimate of drug-likeness (QED) is 0.768. The van der Waals surface area contributed by atoms with E-state index in [0.717, 1.165) is 11.3 Å². The van der Waals surface area contributed by atoms with Gasteiger partial charge in [-0.2, -0.15) is 10.2 Å². The fourth-order valence-electron chi connectivity index (χ4n) is 1.91. The molecule has 2 N–H and O–H groups in total. The number of aryl methyl sites for hydroxylation is 1.